The molecule has 1 aliphatic carbocycles. The molecule has 0 radical (unpaired) electrons. The number of hydrogen-bond acceptors (Lipinski definition) is 5. The molecule has 0 unspecified atom stereocenters. The quantitative estimate of drug-likeness (QED) is 0.818. The maximum atomic E-state index is 13.3. The second-order valence-corrected chi connectivity index (χ2v) is 7.79. The van der Waals surface area contributed by atoms with E-state index in [1.165, 1.54) is 22.5 Å². The molecule has 23 heavy (non-hydrogen) atoms. The third kappa shape index (κ3) is 2.21. The van der Waals surface area contributed by atoms with Crippen LogP contribution in [0.15, 0.2) is 23.1 Å². The van der Waals surface area contributed by atoms with Crippen LogP contribution in [0.25, 0.3) is 0 Å². The van der Waals surface area contributed by atoms with Crippen LogP contribution in [0.5, 0.6) is 11.5 Å². The van der Waals surface area contributed by atoms with E-state index in [2.05, 4.69) is 9.47 Å². The van der Waals surface area contributed by atoms with Crippen molar-refractivity contribution in [2.45, 2.75) is 36.0 Å². The highest BCUT2D eigenvalue weighted by Gasteiger charge is 2.52. The van der Waals surface area contributed by atoms with E-state index in [4.69, 9.17) is 4.74 Å². The number of nitrogens with zero attached hydrogens (tertiary/aromatic N) is 1. The maximum Gasteiger partial charge on any atom is 0.586 e. The van der Waals surface area contributed by atoms with Crippen molar-refractivity contribution >= 4 is 10.0 Å². The Hall–Kier alpha value is -1.45. The first-order valence-electron chi connectivity index (χ1n) is 7.34. The lowest BCUT2D eigenvalue weighted by atomic mass is 9.77. The highest BCUT2D eigenvalue weighted by molar-refractivity contribution is 7.89. The molecule has 0 atom stereocenters. The highest BCUT2D eigenvalue weighted by atomic mass is 32.2. The van der Waals surface area contributed by atoms with Crippen LogP contribution in [0.1, 0.15) is 19.3 Å². The van der Waals surface area contributed by atoms with Crippen molar-refractivity contribution in [2.75, 3.05) is 19.8 Å². The average Bonchev–Trinajstić information content (AvgIpc) is 2.78. The van der Waals surface area contributed by atoms with Crippen molar-refractivity contribution in [2.24, 2.45) is 0 Å². The van der Waals surface area contributed by atoms with E-state index >= 15 is 0 Å². The summed E-state index contributed by atoms with van der Waals surface area (Å²) in [6.45, 7) is 0.807. The van der Waals surface area contributed by atoms with Crippen molar-refractivity contribution in [1.29, 1.82) is 0 Å². The molecule has 6 nitrogen and oxygen atoms in total. The van der Waals surface area contributed by atoms with Crippen molar-refractivity contribution < 1.29 is 31.4 Å². The van der Waals surface area contributed by atoms with Gasteiger partial charge in [-0.2, -0.15) is 4.31 Å². The van der Waals surface area contributed by atoms with Crippen LogP contribution in [0, 0.1) is 0 Å². The highest BCUT2D eigenvalue weighted by Crippen LogP contribution is 2.48. The lowest BCUT2D eigenvalue weighted by Crippen LogP contribution is -2.62. The summed E-state index contributed by atoms with van der Waals surface area (Å²) in [4.78, 5) is -0.291. The van der Waals surface area contributed by atoms with Crippen molar-refractivity contribution in [3.05, 3.63) is 18.2 Å². The van der Waals surface area contributed by atoms with E-state index in [0.29, 0.717) is 19.4 Å². The lowest BCUT2D eigenvalue weighted by Gasteiger charge is -2.51. The molecule has 0 aromatic heterocycles. The first kappa shape index (κ1) is 15.1. The van der Waals surface area contributed by atoms with Gasteiger partial charge in [0.25, 0.3) is 0 Å². The Kier molecular flexibility index (Phi) is 3.14. The van der Waals surface area contributed by atoms with Crippen LogP contribution >= 0.6 is 0 Å². The van der Waals surface area contributed by atoms with Crippen LogP contribution in [0.3, 0.4) is 0 Å². The molecular weight excluding hydrogens is 332 g/mol. The molecule has 1 spiro atoms. The Labute approximate surface area is 132 Å². The molecule has 0 bridgehead atoms. The van der Waals surface area contributed by atoms with Gasteiger partial charge in [-0.25, -0.2) is 8.42 Å². The molecule has 1 aromatic rings. The van der Waals surface area contributed by atoms with Gasteiger partial charge in [-0.1, -0.05) is 6.07 Å². The Bertz CT molecular complexity index is 748. The number of hydrogen-bond donors (Lipinski definition) is 0. The standard InChI is InChI=1S/C14H15F2NO5S/c15-14(16)21-10-3-1-4-11(12(10)22-14)23(18,19)17-7-8-20-9-13(17)5-2-6-13/h1,3-4H,2,5-9H2. The van der Waals surface area contributed by atoms with E-state index in [1.807, 2.05) is 0 Å². The van der Waals surface area contributed by atoms with Gasteiger partial charge in [0.15, 0.2) is 11.5 Å². The van der Waals surface area contributed by atoms with Gasteiger partial charge in [-0.05, 0) is 31.4 Å². The molecule has 0 amide bonds. The minimum Gasteiger partial charge on any atom is -0.395 e. The fourth-order valence-corrected chi connectivity index (χ4v) is 5.26. The number of halogens is 2. The normalized spacial score (nSPS) is 25.3. The lowest BCUT2D eigenvalue weighted by molar-refractivity contribution is -0.287. The summed E-state index contributed by atoms with van der Waals surface area (Å²) in [7, 11) is -3.99. The number of alkyl halides is 2. The van der Waals surface area contributed by atoms with Gasteiger partial charge >= 0.3 is 6.29 Å². The second kappa shape index (κ2) is 4.78. The number of rotatable bonds is 2. The summed E-state index contributed by atoms with van der Waals surface area (Å²) >= 11 is 0. The van der Waals surface area contributed by atoms with Crippen LogP contribution in [-0.2, 0) is 14.8 Å². The third-order valence-corrected chi connectivity index (χ3v) is 6.61. The molecule has 2 heterocycles. The van der Waals surface area contributed by atoms with Crippen molar-refractivity contribution in [3.8, 4) is 11.5 Å². The summed E-state index contributed by atoms with van der Waals surface area (Å²) in [5.41, 5.74) is -0.568. The zero-order valence-electron chi connectivity index (χ0n) is 12.1. The molecular formula is C14H15F2NO5S. The van der Waals surface area contributed by atoms with Gasteiger partial charge < -0.3 is 14.2 Å². The number of para-hydroxylation sites is 1. The fourth-order valence-electron chi connectivity index (χ4n) is 3.34. The number of benzene rings is 1. The zero-order valence-corrected chi connectivity index (χ0v) is 12.9. The van der Waals surface area contributed by atoms with Crippen LogP contribution in [0.4, 0.5) is 8.78 Å². The topological polar surface area (TPSA) is 65.1 Å². The summed E-state index contributed by atoms with van der Waals surface area (Å²) in [5.74, 6) is -0.703. The van der Waals surface area contributed by atoms with E-state index < -0.39 is 27.6 Å². The monoisotopic (exact) mass is 347 g/mol. The van der Waals surface area contributed by atoms with Gasteiger partial charge in [0.2, 0.25) is 10.0 Å². The smallest absolute Gasteiger partial charge is 0.395 e. The summed E-state index contributed by atoms with van der Waals surface area (Å²) in [5, 5.41) is 0. The van der Waals surface area contributed by atoms with Crippen molar-refractivity contribution in [3.63, 3.8) is 0 Å². The first-order valence-corrected chi connectivity index (χ1v) is 8.78. The molecule has 1 saturated carbocycles. The second-order valence-electron chi connectivity index (χ2n) is 5.96. The third-order valence-electron chi connectivity index (χ3n) is 4.58. The van der Waals surface area contributed by atoms with Crippen LogP contribution in [-0.4, -0.2) is 44.3 Å². The molecule has 1 aromatic carbocycles. The van der Waals surface area contributed by atoms with Crippen LogP contribution < -0.4 is 9.47 Å². The molecule has 3 aliphatic rings. The molecule has 2 aliphatic heterocycles. The maximum absolute atomic E-state index is 13.3. The largest absolute Gasteiger partial charge is 0.586 e. The minimum absolute atomic E-state index is 0.198. The van der Waals surface area contributed by atoms with Gasteiger partial charge in [-0.15, -0.1) is 8.78 Å². The molecule has 4 rings (SSSR count). The fraction of sp³-hybridized carbons (Fsp3) is 0.571. The summed E-state index contributed by atoms with van der Waals surface area (Å²) in [6, 6.07) is 3.89. The molecule has 0 N–H and O–H groups in total. The van der Waals surface area contributed by atoms with Crippen molar-refractivity contribution in [1.82, 2.24) is 4.31 Å². The summed E-state index contributed by atoms with van der Waals surface area (Å²) in [6.07, 6.45) is -1.53. The van der Waals surface area contributed by atoms with E-state index in [9.17, 15) is 17.2 Å². The molecule has 2 fully saturated rings. The Balaban J connectivity index is 1.77. The Morgan fingerprint density at radius 2 is 1.96 bits per heavy atom. The zero-order chi connectivity index (χ0) is 16.3. The van der Waals surface area contributed by atoms with Crippen LogP contribution in [0.2, 0.25) is 0 Å². The Morgan fingerprint density at radius 1 is 1.17 bits per heavy atom. The van der Waals surface area contributed by atoms with Gasteiger partial charge in [-0.3, -0.25) is 0 Å². The molecule has 126 valence electrons. The molecule has 1 saturated heterocycles. The van der Waals surface area contributed by atoms with E-state index in [1.54, 1.807) is 0 Å². The predicted octanol–water partition coefficient (Wildman–Crippen LogP) is 1.95. The van der Waals surface area contributed by atoms with E-state index in [-0.39, 0.29) is 23.8 Å². The SMILES string of the molecule is O=S(=O)(c1cccc2c1OC(F)(F)O2)N1CCOCC12CCC2. The predicted molar refractivity (Wildman–Crippen MR) is 73.9 cm³/mol. The number of ether oxygens (including phenoxy) is 3. The number of morpholine rings is 1. The van der Waals surface area contributed by atoms with Gasteiger partial charge in [0.05, 0.1) is 18.8 Å². The first-order chi connectivity index (χ1) is 10.8. The average molecular weight is 347 g/mol. The minimum atomic E-state index is -3.99. The summed E-state index contributed by atoms with van der Waals surface area (Å²) < 4.78 is 68.3. The van der Waals surface area contributed by atoms with Gasteiger partial charge in [0.1, 0.15) is 4.90 Å². The van der Waals surface area contributed by atoms with Gasteiger partial charge in [0, 0.05) is 6.54 Å². The Morgan fingerprint density at radius 3 is 2.65 bits per heavy atom. The number of sulfonamides is 1. The molecule has 9 heteroatoms. The number of fused-ring (bicyclic) bond motifs is 1. The van der Waals surface area contributed by atoms with E-state index in [0.717, 1.165) is 6.42 Å².